The highest BCUT2D eigenvalue weighted by atomic mass is 19.1. The average Bonchev–Trinajstić information content (AvgIpc) is 3.34. The van der Waals surface area contributed by atoms with Crippen LogP contribution in [-0.2, 0) is 11.3 Å². The molecule has 9 heteroatoms. The molecule has 0 radical (unpaired) electrons. The molecule has 0 saturated carbocycles. The van der Waals surface area contributed by atoms with E-state index in [0.29, 0.717) is 35.7 Å². The zero-order valence-electron chi connectivity index (χ0n) is 16.2. The number of aromatic nitrogens is 2. The summed E-state index contributed by atoms with van der Waals surface area (Å²) in [4.78, 5) is 32.8. The lowest BCUT2D eigenvalue weighted by Crippen LogP contribution is -2.18. The Labute approximate surface area is 175 Å². The number of nitrogens with zero attached hydrogens (tertiary/aromatic N) is 2. The number of carbonyl (C=O) groups is 2. The van der Waals surface area contributed by atoms with Crippen molar-refractivity contribution in [2.75, 3.05) is 11.9 Å². The Morgan fingerprint density at radius 3 is 2.52 bits per heavy atom. The Kier molecular flexibility index (Phi) is 4.58. The first-order valence-electron chi connectivity index (χ1n) is 9.78. The summed E-state index contributed by atoms with van der Waals surface area (Å²) >= 11 is 0. The van der Waals surface area contributed by atoms with Crippen LogP contribution < -0.4 is 16.0 Å². The van der Waals surface area contributed by atoms with E-state index in [-0.39, 0.29) is 35.5 Å². The van der Waals surface area contributed by atoms with Gasteiger partial charge in [-0.05, 0) is 36.2 Å². The molecule has 3 N–H and O–H groups in total. The van der Waals surface area contributed by atoms with Gasteiger partial charge in [0.15, 0.2) is 0 Å². The van der Waals surface area contributed by atoms with E-state index >= 15 is 0 Å². The number of hydrogen-bond donors (Lipinski definition) is 3. The van der Waals surface area contributed by atoms with Gasteiger partial charge < -0.3 is 16.0 Å². The lowest BCUT2D eigenvalue weighted by molar-refractivity contribution is -0.120. The van der Waals surface area contributed by atoms with Crippen molar-refractivity contribution in [3.8, 4) is 11.3 Å². The molecule has 156 valence electrons. The highest BCUT2D eigenvalue weighted by Gasteiger charge is 2.28. The number of rotatable bonds is 4. The normalized spacial score (nSPS) is 17.3. The van der Waals surface area contributed by atoms with E-state index in [0.717, 1.165) is 17.7 Å². The molecule has 0 unspecified atom stereocenters. The number of halogens is 2. The second-order valence-corrected chi connectivity index (χ2v) is 7.39. The third-order valence-electron chi connectivity index (χ3n) is 5.46. The van der Waals surface area contributed by atoms with Crippen molar-refractivity contribution in [3.05, 3.63) is 71.1 Å². The molecule has 5 rings (SSSR count). The summed E-state index contributed by atoms with van der Waals surface area (Å²) in [5, 5.41) is 8.52. The number of hydrogen-bond acceptors (Lipinski definition) is 5. The molecule has 31 heavy (non-hydrogen) atoms. The first-order chi connectivity index (χ1) is 15.0. The van der Waals surface area contributed by atoms with E-state index in [9.17, 15) is 18.4 Å². The van der Waals surface area contributed by atoms with Crippen LogP contribution in [0.1, 0.15) is 34.0 Å². The van der Waals surface area contributed by atoms with Crippen LogP contribution in [0.5, 0.6) is 0 Å². The summed E-state index contributed by atoms with van der Waals surface area (Å²) in [6.45, 7) is 0.799. The maximum Gasteiger partial charge on any atom is 0.255 e. The second-order valence-electron chi connectivity index (χ2n) is 7.39. The first-order valence-corrected chi connectivity index (χ1v) is 9.78. The Hall–Kier alpha value is -3.88. The zero-order chi connectivity index (χ0) is 21.5. The lowest BCUT2D eigenvalue weighted by Gasteiger charge is -2.13. The quantitative estimate of drug-likeness (QED) is 0.602. The highest BCUT2D eigenvalue weighted by molar-refractivity contribution is 6.04. The summed E-state index contributed by atoms with van der Waals surface area (Å²) in [5.74, 6) is -1.64. The topological polar surface area (TPSA) is 96.0 Å². The molecule has 2 amide bonds. The summed E-state index contributed by atoms with van der Waals surface area (Å²) < 4.78 is 28.6. The Bertz CT molecular complexity index is 1190. The van der Waals surface area contributed by atoms with Crippen LogP contribution in [0.15, 0.2) is 42.6 Å². The van der Waals surface area contributed by atoms with Gasteiger partial charge in [0, 0.05) is 12.7 Å². The molecule has 4 heterocycles. The SMILES string of the molecule is O=C1NCc2nc(-c3c(F)cccc3F)cc(Nc3ccc([C@@H]4CCNC4=O)cn3)c21. The van der Waals surface area contributed by atoms with Crippen molar-refractivity contribution in [1.29, 1.82) is 0 Å². The Balaban J connectivity index is 1.52. The van der Waals surface area contributed by atoms with Gasteiger partial charge in [-0.15, -0.1) is 0 Å². The fourth-order valence-electron chi connectivity index (χ4n) is 3.94. The number of nitrogens with one attached hydrogen (secondary N) is 3. The van der Waals surface area contributed by atoms with E-state index in [1.165, 1.54) is 12.1 Å². The Morgan fingerprint density at radius 1 is 1.03 bits per heavy atom. The molecule has 2 aromatic heterocycles. The van der Waals surface area contributed by atoms with Gasteiger partial charge in [-0.3, -0.25) is 9.59 Å². The number of benzene rings is 1. The molecule has 1 aromatic carbocycles. The standard InChI is InChI=1S/C22H17F2N5O2/c23-13-2-1-3-14(24)19(13)15-8-16(20-17(28-15)10-27-22(20)31)29-18-5-4-11(9-26-18)12-6-7-25-21(12)30/h1-5,8-9,12H,6-7,10H2,(H,25,30)(H,27,31)(H,26,28,29)/t12-/m0/s1. The highest BCUT2D eigenvalue weighted by Crippen LogP contribution is 2.33. The van der Waals surface area contributed by atoms with Gasteiger partial charge in [0.25, 0.3) is 5.91 Å². The molecular formula is C22H17F2N5O2. The molecule has 1 fully saturated rings. The van der Waals surface area contributed by atoms with E-state index in [4.69, 9.17) is 0 Å². The van der Waals surface area contributed by atoms with Crippen molar-refractivity contribution in [1.82, 2.24) is 20.6 Å². The van der Waals surface area contributed by atoms with Crippen LogP contribution in [0.3, 0.4) is 0 Å². The van der Waals surface area contributed by atoms with Crippen molar-refractivity contribution >= 4 is 23.3 Å². The molecule has 1 saturated heterocycles. The van der Waals surface area contributed by atoms with Gasteiger partial charge in [0.05, 0.1) is 40.7 Å². The van der Waals surface area contributed by atoms with Crippen molar-refractivity contribution < 1.29 is 18.4 Å². The van der Waals surface area contributed by atoms with Crippen LogP contribution in [0.25, 0.3) is 11.3 Å². The summed E-state index contributed by atoms with van der Waals surface area (Å²) in [6, 6.07) is 8.52. The van der Waals surface area contributed by atoms with Gasteiger partial charge in [0.1, 0.15) is 17.5 Å². The zero-order valence-corrected chi connectivity index (χ0v) is 16.2. The number of amides is 2. The number of anilines is 2. The fourth-order valence-corrected chi connectivity index (χ4v) is 3.94. The summed E-state index contributed by atoms with van der Waals surface area (Å²) in [6.07, 6.45) is 2.32. The fraction of sp³-hybridized carbons (Fsp3) is 0.182. The molecule has 2 aliphatic heterocycles. The van der Waals surface area contributed by atoms with Crippen LogP contribution in [0.2, 0.25) is 0 Å². The smallest absolute Gasteiger partial charge is 0.255 e. The molecule has 1 atom stereocenters. The first kappa shape index (κ1) is 19.1. The predicted molar refractivity (Wildman–Crippen MR) is 109 cm³/mol. The van der Waals surface area contributed by atoms with Gasteiger partial charge >= 0.3 is 0 Å². The molecule has 2 aliphatic rings. The third-order valence-corrected chi connectivity index (χ3v) is 5.46. The van der Waals surface area contributed by atoms with Gasteiger partial charge in [-0.25, -0.2) is 18.7 Å². The Morgan fingerprint density at radius 2 is 1.84 bits per heavy atom. The third kappa shape index (κ3) is 3.37. The van der Waals surface area contributed by atoms with Crippen molar-refractivity contribution in [2.24, 2.45) is 0 Å². The lowest BCUT2D eigenvalue weighted by atomic mass is 10.00. The van der Waals surface area contributed by atoms with Gasteiger partial charge in [0.2, 0.25) is 5.91 Å². The monoisotopic (exact) mass is 421 g/mol. The van der Waals surface area contributed by atoms with Crippen LogP contribution in [0.4, 0.5) is 20.3 Å². The number of fused-ring (bicyclic) bond motifs is 1. The summed E-state index contributed by atoms with van der Waals surface area (Å²) in [5.41, 5.74) is 1.66. The molecule has 3 aromatic rings. The van der Waals surface area contributed by atoms with Crippen LogP contribution >= 0.6 is 0 Å². The predicted octanol–water partition coefficient (Wildman–Crippen LogP) is 3.01. The van der Waals surface area contributed by atoms with Crippen LogP contribution in [0, 0.1) is 11.6 Å². The largest absolute Gasteiger partial charge is 0.356 e. The van der Waals surface area contributed by atoms with E-state index in [2.05, 4.69) is 25.9 Å². The van der Waals surface area contributed by atoms with E-state index < -0.39 is 11.6 Å². The second kappa shape index (κ2) is 7.42. The van der Waals surface area contributed by atoms with Gasteiger partial charge in [-0.2, -0.15) is 0 Å². The maximum absolute atomic E-state index is 14.3. The molecular weight excluding hydrogens is 404 g/mol. The molecule has 0 bridgehead atoms. The number of carbonyl (C=O) groups excluding carboxylic acids is 2. The maximum atomic E-state index is 14.3. The number of pyridine rings is 2. The summed E-state index contributed by atoms with van der Waals surface area (Å²) in [7, 11) is 0. The average molecular weight is 421 g/mol. The van der Waals surface area contributed by atoms with Gasteiger partial charge in [-0.1, -0.05) is 12.1 Å². The minimum atomic E-state index is -0.743. The van der Waals surface area contributed by atoms with E-state index in [1.807, 2.05) is 0 Å². The van der Waals surface area contributed by atoms with Crippen molar-refractivity contribution in [2.45, 2.75) is 18.9 Å². The van der Waals surface area contributed by atoms with Crippen molar-refractivity contribution in [3.63, 3.8) is 0 Å². The van der Waals surface area contributed by atoms with E-state index in [1.54, 1.807) is 18.3 Å². The minimum absolute atomic E-state index is 0.0253. The molecule has 0 spiro atoms. The molecule has 7 nitrogen and oxygen atoms in total. The minimum Gasteiger partial charge on any atom is -0.356 e. The van der Waals surface area contributed by atoms with Crippen LogP contribution in [-0.4, -0.2) is 28.3 Å². The molecule has 0 aliphatic carbocycles.